The molecule has 1 N–H and O–H groups in total. The van der Waals surface area contributed by atoms with E-state index >= 15 is 0 Å². The van der Waals surface area contributed by atoms with Crippen molar-refractivity contribution in [3.63, 3.8) is 0 Å². The highest BCUT2D eigenvalue weighted by atomic mass is 16.1. The first kappa shape index (κ1) is 20.0. The van der Waals surface area contributed by atoms with E-state index in [1.807, 2.05) is 28.7 Å². The molecule has 3 aromatic rings. The van der Waals surface area contributed by atoms with Crippen LogP contribution in [0.2, 0.25) is 0 Å². The number of amides is 1. The van der Waals surface area contributed by atoms with Gasteiger partial charge in [0.15, 0.2) is 0 Å². The van der Waals surface area contributed by atoms with Gasteiger partial charge in [-0.3, -0.25) is 18.6 Å². The second-order valence-electron chi connectivity index (χ2n) is 8.11. The van der Waals surface area contributed by atoms with Crippen molar-refractivity contribution < 1.29 is 4.79 Å². The van der Waals surface area contributed by atoms with Crippen molar-refractivity contribution in [2.75, 3.05) is 6.54 Å². The van der Waals surface area contributed by atoms with E-state index in [2.05, 4.69) is 43.2 Å². The standard InChI is InChI=1S/C21H29N5O2/c1-14(2)11-12-22-19(27)10-9-18-23-24-21-25(13-15(3)4)20(28)16-7-5-6-8-17(16)26(18)21/h5-8,14-15H,9-13H2,1-4H3,(H,22,27). The van der Waals surface area contributed by atoms with Crippen LogP contribution in [0.3, 0.4) is 0 Å². The molecule has 7 nitrogen and oxygen atoms in total. The number of carbonyl (C=O) groups is 1. The maximum absolute atomic E-state index is 12.9. The van der Waals surface area contributed by atoms with Crippen LogP contribution in [0.1, 0.15) is 46.4 Å². The number of para-hydroxylation sites is 1. The van der Waals surface area contributed by atoms with Crippen LogP contribution in [-0.2, 0) is 17.8 Å². The molecule has 28 heavy (non-hydrogen) atoms. The lowest BCUT2D eigenvalue weighted by Crippen LogP contribution is -2.26. The first-order chi connectivity index (χ1) is 13.4. The highest BCUT2D eigenvalue weighted by Crippen LogP contribution is 2.16. The lowest BCUT2D eigenvalue weighted by molar-refractivity contribution is -0.121. The number of carbonyl (C=O) groups excluding carboxylic acids is 1. The Hall–Kier alpha value is -2.70. The summed E-state index contributed by atoms with van der Waals surface area (Å²) in [6.07, 6.45) is 1.78. The van der Waals surface area contributed by atoms with Crippen molar-refractivity contribution in [2.24, 2.45) is 11.8 Å². The topological polar surface area (TPSA) is 81.3 Å². The van der Waals surface area contributed by atoms with Gasteiger partial charge in [-0.2, -0.15) is 0 Å². The van der Waals surface area contributed by atoms with Gasteiger partial charge in [0.05, 0.1) is 10.9 Å². The van der Waals surface area contributed by atoms with Gasteiger partial charge >= 0.3 is 0 Å². The maximum Gasteiger partial charge on any atom is 0.262 e. The molecule has 1 aromatic carbocycles. The number of rotatable bonds is 8. The van der Waals surface area contributed by atoms with Gasteiger partial charge in [0.1, 0.15) is 5.82 Å². The van der Waals surface area contributed by atoms with Crippen molar-refractivity contribution >= 4 is 22.6 Å². The van der Waals surface area contributed by atoms with Gasteiger partial charge in [-0.05, 0) is 30.4 Å². The molecule has 0 saturated heterocycles. The first-order valence-corrected chi connectivity index (χ1v) is 10.0. The van der Waals surface area contributed by atoms with Gasteiger partial charge in [0.2, 0.25) is 11.7 Å². The Morgan fingerprint density at radius 3 is 2.57 bits per heavy atom. The number of hydrogen-bond acceptors (Lipinski definition) is 4. The van der Waals surface area contributed by atoms with E-state index in [1.165, 1.54) is 0 Å². The van der Waals surface area contributed by atoms with Gasteiger partial charge in [-0.25, -0.2) is 0 Å². The Kier molecular flexibility index (Phi) is 6.11. The highest BCUT2D eigenvalue weighted by molar-refractivity contribution is 5.80. The molecule has 2 heterocycles. The van der Waals surface area contributed by atoms with Crippen LogP contribution in [0.15, 0.2) is 29.1 Å². The highest BCUT2D eigenvalue weighted by Gasteiger charge is 2.17. The molecule has 0 aliphatic carbocycles. The van der Waals surface area contributed by atoms with E-state index in [0.29, 0.717) is 54.8 Å². The van der Waals surface area contributed by atoms with Gasteiger partial charge in [0, 0.05) is 25.9 Å². The van der Waals surface area contributed by atoms with Crippen molar-refractivity contribution in [2.45, 2.75) is 53.5 Å². The maximum atomic E-state index is 12.9. The summed E-state index contributed by atoms with van der Waals surface area (Å²) in [4.78, 5) is 25.1. The molecule has 0 saturated carbocycles. The third kappa shape index (κ3) is 4.24. The summed E-state index contributed by atoms with van der Waals surface area (Å²) in [5.41, 5.74) is 0.727. The molecule has 0 spiro atoms. The molecule has 7 heteroatoms. The van der Waals surface area contributed by atoms with E-state index < -0.39 is 0 Å². The molecule has 0 bridgehead atoms. The number of nitrogens with zero attached hydrogens (tertiary/aromatic N) is 4. The Balaban J connectivity index is 1.93. The van der Waals surface area contributed by atoms with Gasteiger partial charge in [-0.15, -0.1) is 10.2 Å². The molecule has 0 aliphatic rings. The molecule has 3 rings (SSSR count). The summed E-state index contributed by atoms with van der Waals surface area (Å²) >= 11 is 0. The Bertz CT molecular complexity index is 1030. The third-order valence-electron chi connectivity index (χ3n) is 4.74. The van der Waals surface area contributed by atoms with E-state index in [-0.39, 0.29) is 11.5 Å². The molecule has 150 valence electrons. The van der Waals surface area contributed by atoms with Crippen LogP contribution in [0.5, 0.6) is 0 Å². The summed E-state index contributed by atoms with van der Waals surface area (Å²) in [5, 5.41) is 12.2. The number of nitrogens with one attached hydrogen (secondary N) is 1. The van der Waals surface area contributed by atoms with Crippen molar-refractivity contribution in [1.82, 2.24) is 24.5 Å². The van der Waals surface area contributed by atoms with Gasteiger partial charge in [0.25, 0.3) is 5.56 Å². The molecule has 0 atom stereocenters. The van der Waals surface area contributed by atoms with E-state index in [0.717, 1.165) is 11.9 Å². The minimum absolute atomic E-state index is 0.0113. The fourth-order valence-electron chi connectivity index (χ4n) is 3.32. The summed E-state index contributed by atoms with van der Waals surface area (Å²) < 4.78 is 3.60. The lowest BCUT2D eigenvalue weighted by Gasteiger charge is -2.13. The summed E-state index contributed by atoms with van der Waals surface area (Å²) in [5.74, 6) is 2.10. The van der Waals surface area contributed by atoms with Crippen molar-refractivity contribution in [3.8, 4) is 0 Å². The summed E-state index contributed by atoms with van der Waals surface area (Å²) in [6.45, 7) is 9.66. The Morgan fingerprint density at radius 2 is 1.86 bits per heavy atom. The molecule has 2 aromatic heterocycles. The number of aryl methyl sites for hydroxylation is 1. The number of hydrogen-bond donors (Lipinski definition) is 1. The average Bonchev–Trinajstić information content (AvgIpc) is 3.07. The largest absolute Gasteiger partial charge is 0.356 e. The monoisotopic (exact) mass is 383 g/mol. The minimum Gasteiger partial charge on any atom is -0.356 e. The van der Waals surface area contributed by atoms with Crippen molar-refractivity contribution in [1.29, 1.82) is 0 Å². The predicted octanol–water partition coefficient (Wildman–Crippen LogP) is 2.80. The SMILES string of the molecule is CC(C)CCNC(=O)CCc1nnc2n(CC(C)C)c(=O)c3ccccc3n12. The Morgan fingerprint density at radius 1 is 1.11 bits per heavy atom. The number of benzene rings is 1. The van der Waals surface area contributed by atoms with E-state index in [9.17, 15) is 9.59 Å². The van der Waals surface area contributed by atoms with Crippen LogP contribution in [0, 0.1) is 11.8 Å². The zero-order valence-corrected chi connectivity index (χ0v) is 17.1. The fraction of sp³-hybridized carbons (Fsp3) is 0.524. The number of fused-ring (bicyclic) bond motifs is 3. The Labute approximate surface area is 164 Å². The third-order valence-corrected chi connectivity index (χ3v) is 4.74. The molecule has 0 fully saturated rings. The van der Waals surface area contributed by atoms with Gasteiger partial charge in [-0.1, -0.05) is 39.8 Å². The molecule has 1 amide bonds. The van der Waals surface area contributed by atoms with Crippen molar-refractivity contribution in [3.05, 3.63) is 40.4 Å². The predicted molar refractivity (Wildman–Crippen MR) is 110 cm³/mol. The zero-order chi connectivity index (χ0) is 20.3. The smallest absolute Gasteiger partial charge is 0.262 e. The van der Waals surface area contributed by atoms with Crippen LogP contribution < -0.4 is 10.9 Å². The normalized spacial score (nSPS) is 11.8. The summed E-state index contributed by atoms with van der Waals surface area (Å²) in [6, 6.07) is 7.49. The zero-order valence-electron chi connectivity index (χ0n) is 17.1. The van der Waals surface area contributed by atoms with Crippen LogP contribution in [0.25, 0.3) is 16.7 Å². The van der Waals surface area contributed by atoms with Crippen LogP contribution in [0.4, 0.5) is 0 Å². The number of aromatic nitrogens is 4. The second-order valence-corrected chi connectivity index (χ2v) is 8.11. The molecule has 0 radical (unpaired) electrons. The second kappa shape index (κ2) is 8.54. The van der Waals surface area contributed by atoms with Gasteiger partial charge < -0.3 is 5.32 Å². The quantitative estimate of drug-likeness (QED) is 0.648. The summed E-state index contributed by atoms with van der Waals surface area (Å²) in [7, 11) is 0. The first-order valence-electron chi connectivity index (χ1n) is 10.0. The van der Waals surface area contributed by atoms with E-state index in [1.54, 1.807) is 4.57 Å². The molecule has 0 aliphatic heterocycles. The fourth-order valence-corrected chi connectivity index (χ4v) is 3.32. The van der Waals surface area contributed by atoms with Crippen LogP contribution >= 0.6 is 0 Å². The molecular weight excluding hydrogens is 354 g/mol. The molecular formula is C21H29N5O2. The van der Waals surface area contributed by atoms with E-state index in [4.69, 9.17) is 0 Å². The average molecular weight is 383 g/mol. The molecule has 0 unspecified atom stereocenters. The van der Waals surface area contributed by atoms with Crippen LogP contribution in [-0.4, -0.2) is 31.6 Å². The minimum atomic E-state index is -0.0535. The lowest BCUT2D eigenvalue weighted by atomic mass is 10.1.